The molecule has 0 spiro atoms. The third kappa shape index (κ3) is 2.98. The SMILES string of the molecule is CCN(CC)C(=O)c1ccc2c(c1)CCC(OC)C2. The van der Waals surface area contributed by atoms with Gasteiger partial charge in [0.05, 0.1) is 6.10 Å². The van der Waals surface area contributed by atoms with Crippen LogP contribution in [0.2, 0.25) is 0 Å². The quantitative estimate of drug-likeness (QED) is 0.834. The predicted molar refractivity (Wildman–Crippen MR) is 76.5 cm³/mol. The summed E-state index contributed by atoms with van der Waals surface area (Å²) in [6.45, 7) is 5.56. The smallest absolute Gasteiger partial charge is 0.253 e. The van der Waals surface area contributed by atoms with Crippen LogP contribution in [0.4, 0.5) is 0 Å². The van der Waals surface area contributed by atoms with Crippen molar-refractivity contribution in [1.29, 1.82) is 0 Å². The van der Waals surface area contributed by atoms with Gasteiger partial charge >= 0.3 is 0 Å². The Morgan fingerprint density at radius 3 is 2.68 bits per heavy atom. The van der Waals surface area contributed by atoms with Gasteiger partial charge in [0.15, 0.2) is 0 Å². The minimum atomic E-state index is 0.140. The first-order chi connectivity index (χ1) is 9.19. The van der Waals surface area contributed by atoms with Gasteiger partial charge in [0.1, 0.15) is 0 Å². The van der Waals surface area contributed by atoms with Crippen molar-refractivity contribution >= 4 is 5.91 Å². The Hall–Kier alpha value is -1.35. The number of benzene rings is 1. The van der Waals surface area contributed by atoms with Crippen molar-refractivity contribution in [3.8, 4) is 0 Å². The molecule has 0 saturated carbocycles. The van der Waals surface area contributed by atoms with Gasteiger partial charge in [-0.1, -0.05) is 6.07 Å². The normalized spacial score (nSPS) is 17.9. The molecule has 0 aromatic heterocycles. The number of ether oxygens (including phenoxy) is 1. The number of hydrogen-bond donors (Lipinski definition) is 0. The summed E-state index contributed by atoms with van der Waals surface area (Å²) in [7, 11) is 1.77. The monoisotopic (exact) mass is 261 g/mol. The van der Waals surface area contributed by atoms with Crippen LogP contribution in [0.3, 0.4) is 0 Å². The number of nitrogens with zero attached hydrogens (tertiary/aromatic N) is 1. The standard InChI is InChI=1S/C16H23NO2/c1-4-17(5-2)16(18)14-7-6-13-11-15(19-3)9-8-12(13)10-14/h6-7,10,15H,4-5,8-9,11H2,1-3H3. The zero-order chi connectivity index (χ0) is 13.8. The van der Waals surface area contributed by atoms with Gasteiger partial charge in [-0.2, -0.15) is 0 Å². The summed E-state index contributed by atoms with van der Waals surface area (Å²) < 4.78 is 5.42. The molecular weight excluding hydrogens is 238 g/mol. The van der Waals surface area contributed by atoms with Crippen molar-refractivity contribution in [2.45, 2.75) is 39.2 Å². The molecule has 3 heteroatoms. The molecular formula is C16H23NO2. The lowest BCUT2D eigenvalue weighted by molar-refractivity contribution is 0.0772. The van der Waals surface area contributed by atoms with Crippen molar-refractivity contribution in [2.24, 2.45) is 0 Å². The molecule has 19 heavy (non-hydrogen) atoms. The van der Waals surface area contributed by atoms with Gasteiger partial charge in [0, 0.05) is 25.8 Å². The molecule has 1 atom stereocenters. The van der Waals surface area contributed by atoms with E-state index in [1.54, 1.807) is 7.11 Å². The Bertz CT molecular complexity index is 452. The molecule has 1 aromatic carbocycles. The molecule has 0 saturated heterocycles. The molecule has 104 valence electrons. The summed E-state index contributed by atoms with van der Waals surface area (Å²) in [5.41, 5.74) is 3.46. The largest absolute Gasteiger partial charge is 0.381 e. The highest BCUT2D eigenvalue weighted by molar-refractivity contribution is 5.94. The van der Waals surface area contributed by atoms with Crippen molar-refractivity contribution in [1.82, 2.24) is 4.90 Å². The Labute approximate surface area is 115 Å². The highest BCUT2D eigenvalue weighted by Crippen LogP contribution is 2.24. The van der Waals surface area contributed by atoms with Crippen molar-refractivity contribution in [3.05, 3.63) is 34.9 Å². The fraction of sp³-hybridized carbons (Fsp3) is 0.562. The van der Waals surface area contributed by atoms with E-state index in [4.69, 9.17) is 4.74 Å². The van der Waals surface area contributed by atoms with E-state index in [1.165, 1.54) is 11.1 Å². The van der Waals surface area contributed by atoms with Gasteiger partial charge in [-0.05, 0) is 56.4 Å². The zero-order valence-corrected chi connectivity index (χ0v) is 12.1. The maximum Gasteiger partial charge on any atom is 0.253 e. The lowest BCUT2D eigenvalue weighted by Crippen LogP contribution is -2.30. The average molecular weight is 261 g/mol. The van der Waals surface area contributed by atoms with E-state index in [9.17, 15) is 4.79 Å². The Morgan fingerprint density at radius 2 is 2.05 bits per heavy atom. The second-order valence-corrected chi connectivity index (χ2v) is 5.06. The molecule has 0 N–H and O–H groups in total. The molecule has 3 nitrogen and oxygen atoms in total. The molecule has 1 aliphatic rings. The topological polar surface area (TPSA) is 29.5 Å². The maximum absolute atomic E-state index is 12.3. The van der Waals surface area contributed by atoms with Gasteiger partial charge in [0.2, 0.25) is 0 Å². The van der Waals surface area contributed by atoms with E-state index in [1.807, 2.05) is 24.8 Å². The van der Waals surface area contributed by atoms with Crippen LogP contribution in [0.5, 0.6) is 0 Å². The van der Waals surface area contributed by atoms with E-state index < -0.39 is 0 Å². The van der Waals surface area contributed by atoms with E-state index in [2.05, 4.69) is 12.1 Å². The van der Waals surface area contributed by atoms with Crippen LogP contribution in [0.25, 0.3) is 0 Å². The second kappa shape index (κ2) is 6.20. The van der Waals surface area contributed by atoms with Gasteiger partial charge in [-0.3, -0.25) is 4.79 Å². The Kier molecular flexibility index (Phi) is 4.59. The minimum Gasteiger partial charge on any atom is -0.381 e. The molecule has 1 aromatic rings. The number of amides is 1. The summed E-state index contributed by atoms with van der Waals surface area (Å²) in [6, 6.07) is 6.12. The van der Waals surface area contributed by atoms with E-state index in [0.29, 0.717) is 6.10 Å². The van der Waals surface area contributed by atoms with Crippen molar-refractivity contribution < 1.29 is 9.53 Å². The number of methoxy groups -OCH3 is 1. The van der Waals surface area contributed by atoms with Crippen LogP contribution in [0.1, 0.15) is 41.8 Å². The van der Waals surface area contributed by atoms with E-state index >= 15 is 0 Å². The molecule has 0 fully saturated rings. The first kappa shape index (κ1) is 14.1. The fourth-order valence-electron chi connectivity index (χ4n) is 2.75. The lowest BCUT2D eigenvalue weighted by Gasteiger charge is -2.25. The number of carbonyl (C=O) groups is 1. The van der Waals surface area contributed by atoms with Crippen molar-refractivity contribution in [2.75, 3.05) is 20.2 Å². The van der Waals surface area contributed by atoms with E-state index in [0.717, 1.165) is 37.9 Å². The first-order valence-electron chi connectivity index (χ1n) is 7.13. The van der Waals surface area contributed by atoms with Gasteiger partial charge in [0.25, 0.3) is 5.91 Å². The van der Waals surface area contributed by atoms with Gasteiger partial charge < -0.3 is 9.64 Å². The zero-order valence-electron chi connectivity index (χ0n) is 12.1. The molecule has 1 aliphatic carbocycles. The number of fused-ring (bicyclic) bond motifs is 1. The third-order valence-corrected chi connectivity index (χ3v) is 4.02. The highest BCUT2D eigenvalue weighted by atomic mass is 16.5. The molecule has 0 radical (unpaired) electrons. The maximum atomic E-state index is 12.3. The molecule has 0 aliphatic heterocycles. The molecule has 0 heterocycles. The Balaban J connectivity index is 2.20. The van der Waals surface area contributed by atoms with Crippen LogP contribution in [-0.4, -0.2) is 37.1 Å². The second-order valence-electron chi connectivity index (χ2n) is 5.06. The number of rotatable bonds is 4. The van der Waals surface area contributed by atoms with Crippen LogP contribution >= 0.6 is 0 Å². The molecule has 1 amide bonds. The number of aryl methyl sites for hydroxylation is 1. The first-order valence-corrected chi connectivity index (χ1v) is 7.13. The van der Waals surface area contributed by atoms with E-state index in [-0.39, 0.29) is 5.91 Å². The lowest BCUT2D eigenvalue weighted by atomic mass is 9.88. The predicted octanol–water partition coefficient (Wildman–Crippen LogP) is 2.67. The van der Waals surface area contributed by atoms with Crippen LogP contribution in [-0.2, 0) is 17.6 Å². The summed E-state index contributed by atoms with van der Waals surface area (Å²) in [4.78, 5) is 14.2. The van der Waals surface area contributed by atoms with Crippen LogP contribution in [0.15, 0.2) is 18.2 Å². The molecule has 0 bridgehead atoms. The van der Waals surface area contributed by atoms with Crippen molar-refractivity contribution in [3.63, 3.8) is 0 Å². The molecule has 1 unspecified atom stereocenters. The number of carbonyl (C=O) groups excluding carboxylic acids is 1. The fourth-order valence-corrected chi connectivity index (χ4v) is 2.75. The summed E-state index contributed by atoms with van der Waals surface area (Å²) in [6.07, 6.45) is 3.35. The van der Waals surface area contributed by atoms with Gasteiger partial charge in [-0.15, -0.1) is 0 Å². The van der Waals surface area contributed by atoms with Crippen LogP contribution in [0, 0.1) is 0 Å². The summed E-state index contributed by atoms with van der Waals surface area (Å²) >= 11 is 0. The summed E-state index contributed by atoms with van der Waals surface area (Å²) in [5.74, 6) is 0.140. The Morgan fingerprint density at radius 1 is 1.32 bits per heavy atom. The third-order valence-electron chi connectivity index (χ3n) is 4.02. The number of hydrogen-bond acceptors (Lipinski definition) is 2. The minimum absolute atomic E-state index is 0.140. The molecule has 2 rings (SSSR count). The highest BCUT2D eigenvalue weighted by Gasteiger charge is 2.20. The average Bonchev–Trinajstić information content (AvgIpc) is 2.47. The van der Waals surface area contributed by atoms with Crippen LogP contribution < -0.4 is 0 Å². The van der Waals surface area contributed by atoms with Gasteiger partial charge in [-0.25, -0.2) is 0 Å². The summed E-state index contributed by atoms with van der Waals surface area (Å²) in [5, 5.41) is 0.